The van der Waals surface area contributed by atoms with Gasteiger partial charge in [0, 0.05) is 30.6 Å². The van der Waals surface area contributed by atoms with Crippen LogP contribution in [0, 0.1) is 5.92 Å². The van der Waals surface area contributed by atoms with Crippen molar-refractivity contribution in [3.63, 3.8) is 0 Å². The smallest absolute Gasteiger partial charge is 0.407 e. The van der Waals surface area contributed by atoms with Crippen molar-refractivity contribution in [1.82, 2.24) is 10.3 Å². The number of piperidine rings is 1. The molecule has 4 N–H and O–H groups in total. The Morgan fingerprint density at radius 1 is 1.21 bits per heavy atom. The molecule has 2 amide bonds. The maximum atomic E-state index is 13.4. The topological polar surface area (TPSA) is 128 Å². The number of ether oxygens (including phenoxy) is 3. The highest BCUT2D eigenvalue weighted by Gasteiger charge is 2.29. The van der Waals surface area contributed by atoms with Gasteiger partial charge in [0.2, 0.25) is 0 Å². The second-order valence-corrected chi connectivity index (χ2v) is 12.0. The highest BCUT2D eigenvalue weighted by atomic mass is 32.1. The molecule has 0 bridgehead atoms. The summed E-state index contributed by atoms with van der Waals surface area (Å²) in [6.07, 6.45) is 4.39. The van der Waals surface area contributed by atoms with Gasteiger partial charge in [0.05, 0.1) is 12.8 Å². The summed E-state index contributed by atoms with van der Waals surface area (Å²) in [4.78, 5) is 32.3. The molecule has 43 heavy (non-hydrogen) atoms. The number of hydrogen-bond acceptors (Lipinski definition) is 9. The predicted molar refractivity (Wildman–Crippen MR) is 171 cm³/mol. The van der Waals surface area contributed by atoms with Gasteiger partial charge in [-0.15, -0.1) is 11.3 Å². The van der Waals surface area contributed by atoms with Crippen LogP contribution in [0.5, 0.6) is 17.2 Å². The van der Waals surface area contributed by atoms with Gasteiger partial charge in [-0.25, -0.2) is 9.78 Å². The lowest BCUT2D eigenvalue weighted by atomic mass is 9.97. The number of nitrogens with two attached hydrogens (primary N) is 1. The summed E-state index contributed by atoms with van der Waals surface area (Å²) in [5.74, 6) is 1.44. The molecule has 11 heteroatoms. The molecule has 2 aromatic carbocycles. The Morgan fingerprint density at radius 2 is 1.98 bits per heavy atom. The Morgan fingerprint density at radius 3 is 2.67 bits per heavy atom. The fourth-order valence-corrected chi connectivity index (χ4v) is 5.49. The SMILES string of the molecule is C=C(/C=C\N)c1nc(C(=O)Nc2ccc(Oc3ccccc3)c(OC)c2N2CCC[C@@H](CNC(=O)OC(C)(C)C)C2)cs1. The molecule has 1 atom stereocenters. The molecule has 0 aliphatic carbocycles. The van der Waals surface area contributed by atoms with Crippen molar-refractivity contribution >= 4 is 40.3 Å². The van der Waals surface area contributed by atoms with Crippen molar-refractivity contribution in [3.05, 3.63) is 77.4 Å². The minimum absolute atomic E-state index is 0.149. The Kier molecular flexibility index (Phi) is 10.3. The number of alkyl carbamates (subject to hydrolysis) is 1. The first-order valence-electron chi connectivity index (χ1n) is 14.1. The summed E-state index contributed by atoms with van der Waals surface area (Å²) in [6.45, 7) is 11.2. The van der Waals surface area contributed by atoms with E-state index in [2.05, 4.69) is 27.1 Å². The number of carbonyl (C=O) groups is 2. The number of nitrogens with one attached hydrogen (secondary N) is 2. The molecule has 1 saturated heterocycles. The zero-order chi connectivity index (χ0) is 31.0. The molecule has 1 aliphatic heterocycles. The van der Waals surface area contributed by atoms with Crippen molar-refractivity contribution in [2.45, 2.75) is 39.2 Å². The van der Waals surface area contributed by atoms with E-state index in [1.54, 1.807) is 30.7 Å². The molecular formula is C32H39N5O5S. The van der Waals surface area contributed by atoms with Crippen LogP contribution < -0.4 is 30.7 Å². The van der Waals surface area contributed by atoms with E-state index in [0.717, 1.165) is 19.4 Å². The largest absolute Gasteiger partial charge is 0.491 e. The Hall–Kier alpha value is -4.51. The van der Waals surface area contributed by atoms with Gasteiger partial charge in [-0.2, -0.15) is 0 Å². The molecule has 1 aromatic heterocycles. The van der Waals surface area contributed by atoms with E-state index in [9.17, 15) is 9.59 Å². The third kappa shape index (κ3) is 8.51. The first-order chi connectivity index (χ1) is 20.6. The predicted octanol–water partition coefficient (Wildman–Crippen LogP) is 6.42. The first-order valence-corrected chi connectivity index (χ1v) is 15.0. The molecular weight excluding hydrogens is 566 g/mol. The Labute approximate surface area is 256 Å². The third-order valence-corrected chi connectivity index (χ3v) is 7.51. The van der Waals surface area contributed by atoms with Crippen molar-refractivity contribution in [1.29, 1.82) is 0 Å². The lowest BCUT2D eigenvalue weighted by Gasteiger charge is -2.36. The lowest BCUT2D eigenvalue weighted by Crippen LogP contribution is -2.42. The quantitative estimate of drug-likeness (QED) is 0.226. The highest BCUT2D eigenvalue weighted by molar-refractivity contribution is 7.11. The molecule has 10 nitrogen and oxygen atoms in total. The van der Waals surface area contributed by atoms with Crippen LogP contribution in [0.2, 0.25) is 0 Å². The fourth-order valence-electron chi connectivity index (χ4n) is 4.74. The summed E-state index contributed by atoms with van der Waals surface area (Å²) in [7, 11) is 1.58. The number of thiazole rings is 1. The third-order valence-electron chi connectivity index (χ3n) is 6.60. The van der Waals surface area contributed by atoms with Gasteiger partial charge in [0.1, 0.15) is 27.7 Å². The van der Waals surface area contributed by atoms with E-state index >= 15 is 0 Å². The van der Waals surface area contributed by atoms with Crippen LogP contribution in [0.15, 0.2) is 66.7 Å². The molecule has 228 valence electrons. The maximum Gasteiger partial charge on any atom is 0.407 e. The van der Waals surface area contributed by atoms with E-state index in [4.69, 9.17) is 19.9 Å². The number of carbonyl (C=O) groups excluding carboxylic acids is 2. The number of benzene rings is 2. The number of amides is 2. The van der Waals surface area contributed by atoms with Crippen molar-refractivity contribution < 1.29 is 23.8 Å². The van der Waals surface area contributed by atoms with Crippen LogP contribution in [-0.2, 0) is 4.74 Å². The number of para-hydroxylation sites is 1. The molecule has 0 radical (unpaired) electrons. The fraction of sp³-hybridized carbons (Fsp3) is 0.344. The molecule has 0 saturated carbocycles. The zero-order valence-corrected chi connectivity index (χ0v) is 25.8. The average Bonchev–Trinajstić information content (AvgIpc) is 3.47. The van der Waals surface area contributed by atoms with Gasteiger partial charge in [-0.3, -0.25) is 4.79 Å². The van der Waals surface area contributed by atoms with Gasteiger partial charge in [-0.05, 0) is 76.1 Å². The molecule has 1 fully saturated rings. The van der Waals surface area contributed by atoms with Crippen LogP contribution >= 0.6 is 11.3 Å². The van der Waals surface area contributed by atoms with E-state index < -0.39 is 11.7 Å². The minimum Gasteiger partial charge on any atom is -0.491 e. The van der Waals surface area contributed by atoms with Crippen LogP contribution in [-0.4, -0.2) is 49.3 Å². The van der Waals surface area contributed by atoms with Crippen LogP contribution in [0.4, 0.5) is 16.2 Å². The first kappa shape index (κ1) is 31.4. The van der Waals surface area contributed by atoms with E-state index in [-0.39, 0.29) is 17.5 Å². The monoisotopic (exact) mass is 605 g/mol. The standard InChI is InChI=1S/C32H39N5O5S/c1-21(15-16-33)30-36-25(20-43-30)29(38)35-24-13-14-26(41-23-11-7-6-8-12-23)28(40-5)27(24)37-17-9-10-22(19-37)18-34-31(39)42-32(2,3)4/h6-8,11-16,20,22H,1,9-10,17-19,33H2,2-5H3,(H,34,39)(H,35,38)/b16-15-/t22-/m0/s1. The number of rotatable bonds is 10. The summed E-state index contributed by atoms with van der Waals surface area (Å²) >= 11 is 1.31. The average molecular weight is 606 g/mol. The number of nitrogens with zero attached hydrogens (tertiary/aromatic N) is 2. The van der Waals surface area contributed by atoms with Crippen molar-refractivity contribution in [2.24, 2.45) is 11.7 Å². The van der Waals surface area contributed by atoms with E-state index in [1.807, 2.05) is 51.1 Å². The maximum absolute atomic E-state index is 13.4. The van der Waals surface area contributed by atoms with E-state index in [1.165, 1.54) is 17.5 Å². The molecule has 3 aromatic rings. The van der Waals surface area contributed by atoms with Gasteiger partial charge in [0.15, 0.2) is 11.5 Å². The van der Waals surface area contributed by atoms with Crippen LogP contribution in [0.1, 0.15) is 49.1 Å². The normalized spacial score (nSPS) is 15.2. The van der Waals surface area contributed by atoms with Crippen molar-refractivity contribution in [3.8, 4) is 17.2 Å². The van der Waals surface area contributed by atoms with Crippen LogP contribution in [0.3, 0.4) is 0 Å². The number of allylic oxidation sites excluding steroid dienone is 2. The van der Waals surface area contributed by atoms with E-state index in [0.29, 0.717) is 52.3 Å². The minimum atomic E-state index is -0.575. The zero-order valence-electron chi connectivity index (χ0n) is 25.0. The molecule has 0 unspecified atom stereocenters. The molecule has 2 heterocycles. The number of aromatic nitrogens is 1. The highest BCUT2D eigenvalue weighted by Crippen LogP contribution is 2.46. The number of methoxy groups -OCH3 is 1. The Balaban J connectivity index is 1.62. The Bertz CT molecular complexity index is 1460. The summed E-state index contributed by atoms with van der Waals surface area (Å²) in [5.41, 5.74) is 7.04. The lowest BCUT2D eigenvalue weighted by molar-refractivity contribution is 0.0517. The van der Waals surface area contributed by atoms with Crippen LogP contribution in [0.25, 0.3) is 5.57 Å². The molecule has 0 spiro atoms. The van der Waals surface area contributed by atoms with Gasteiger partial charge in [-0.1, -0.05) is 24.8 Å². The van der Waals surface area contributed by atoms with Crippen molar-refractivity contribution in [2.75, 3.05) is 37.0 Å². The van der Waals surface area contributed by atoms with Gasteiger partial charge >= 0.3 is 6.09 Å². The second kappa shape index (κ2) is 14.1. The number of hydrogen-bond donors (Lipinski definition) is 3. The summed E-state index contributed by atoms with van der Waals surface area (Å²) < 4.78 is 17.6. The summed E-state index contributed by atoms with van der Waals surface area (Å²) in [5, 5.41) is 8.22. The molecule has 4 rings (SSSR count). The molecule has 1 aliphatic rings. The number of anilines is 2. The van der Waals surface area contributed by atoms with Gasteiger partial charge in [0.25, 0.3) is 5.91 Å². The summed E-state index contributed by atoms with van der Waals surface area (Å²) in [6, 6.07) is 13.0. The second-order valence-electron chi connectivity index (χ2n) is 11.1. The van der Waals surface area contributed by atoms with Gasteiger partial charge < -0.3 is 35.5 Å².